The van der Waals surface area contributed by atoms with Gasteiger partial charge in [-0.2, -0.15) is 0 Å². The van der Waals surface area contributed by atoms with Crippen LogP contribution in [0.1, 0.15) is 20.7 Å². The fraction of sp³-hybridized carbons (Fsp3) is 0. The molecule has 0 saturated heterocycles. The first-order chi connectivity index (χ1) is 11.6. The van der Waals surface area contributed by atoms with E-state index >= 15 is 0 Å². The second-order valence-electron chi connectivity index (χ2n) is 5.24. The minimum absolute atomic E-state index is 0.0618. The van der Waals surface area contributed by atoms with E-state index in [1.807, 2.05) is 42.5 Å². The van der Waals surface area contributed by atoms with Gasteiger partial charge in [-0.15, -0.1) is 0 Å². The zero-order valence-electron chi connectivity index (χ0n) is 12.8. The molecule has 0 unspecified atom stereocenters. The predicted octanol–water partition coefficient (Wildman–Crippen LogP) is 3.63. The Balaban J connectivity index is 1.74. The third-order valence-corrected chi connectivity index (χ3v) is 3.63. The average Bonchev–Trinajstić information content (AvgIpc) is 2.63. The van der Waals surface area contributed by atoms with Crippen LogP contribution in [0.25, 0.3) is 11.1 Å². The highest BCUT2D eigenvalue weighted by Gasteiger charge is 2.15. The molecule has 2 amide bonds. The number of amides is 2. The van der Waals surface area contributed by atoms with Gasteiger partial charge in [0.15, 0.2) is 0 Å². The maximum atomic E-state index is 12.2. The Hall–Kier alpha value is -3.40. The molecule has 0 saturated carbocycles. The Morgan fingerprint density at radius 2 is 1.25 bits per heavy atom. The van der Waals surface area contributed by atoms with Gasteiger partial charge in [0, 0.05) is 5.56 Å². The molecule has 3 aromatic carbocycles. The Labute approximate surface area is 139 Å². The summed E-state index contributed by atoms with van der Waals surface area (Å²) in [4.78, 5) is 24.2. The molecule has 4 heteroatoms. The number of imide groups is 1. The van der Waals surface area contributed by atoms with Gasteiger partial charge in [0.05, 0.1) is 5.56 Å². The number of benzene rings is 3. The van der Waals surface area contributed by atoms with Gasteiger partial charge >= 0.3 is 0 Å². The highest BCUT2D eigenvalue weighted by molar-refractivity contribution is 6.11. The molecule has 0 aliphatic rings. The first kappa shape index (κ1) is 15.5. The van der Waals surface area contributed by atoms with Crippen LogP contribution in [-0.4, -0.2) is 16.9 Å². The summed E-state index contributed by atoms with van der Waals surface area (Å²) in [7, 11) is 0. The molecule has 3 aromatic rings. The molecule has 2 N–H and O–H groups in total. The zero-order valence-corrected chi connectivity index (χ0v) is 12.8. The van der Waals surface area contributed by atoms with E-state index in [4.69, 9.17) is 0 Å². The topological polar surface area (TPSA) is 66.4 Å². The molecule has 0 spiro atoms. The van der Waals surface area contributed by atoms with Crippen molar-refractivity contribution < 1.29 is 14.7 Å². The number of aromatic hydroxyl groups is 1. The normalized spacial score (nSPS) is 10.2. The van der Waals surface area contributed by atoms with Crippen LogP contribution in [0.4, 0.5) is 0 Å². The van der Waals surface area contributed by atoms with Gasteiger partial charge in [-0.3, -0.25) is 14.9 Å². The van der Waals surface area contributed by atoms with E-state index in [1.54, 1.807) is 24.3 Å². The van der Waals surface area contributed by atoms with E-state index in [0.717, 1.165) is 11.1 Å². The van der Waals surface area contributed by atoms with Gasteiger partial charge in [-0.1, -0.05) is 54.6 Å². The Morgan fingerprint density at radius 3 is 1.92 bits per heavy atom. The van der Waals surface area contributed by atoms with E-state index in [2.05, 4.69) is 5.32 Å². The molecule has 0 aliphatic carbocycles. The standard InChI is InChI=1S/C20H15NO3/c22-18-9-5-4-8-17(18)20(24)21-19(23)16-12-10-15(11-13-16)14-6-2-1-3-7-14/h1-13,22H,(H,21,23,24). The highest BCUT2D eigenvalue weighted by atomic mass is 16.3. The summed E-state index contributed by atoms with van der Waals surface area (Å²) in [5.74, 6) is -1.31. The number of phenolic OH excluding ortho intramolecular Hbond substituents is 1. The van der Waals surface area contributed by atoms with Crippen LogP contribution in [0.2, 0.25) is 0 Å². The van der Waals surface area contributed by atoms with Crippen LogP contribution in [0.3, 0.4) is 0 Å². The van der Waals surface area contributed by atoms with Gasteiger partial charge in [-0.05, 0) is 35.4 Å². The summed E-state index contributed by atoms with van der Waals surface area (Å²) >= 11 is 0. The van der Waals surface area contributed by atoms with Crippen LogP contribution in [0, 0.1) is 0 Å². The maximum Gasteiger partial charge on any atom is 0.261 e. The summed E-state index contributed by atoms with van der Waals surface area (Å²) in [6.07, 6.45) is 0. The lowest BCUT2D eigenvalue weighted by Gasteiger charge is -2.07. The number of carbonyl (C=O) groups excluding carboxylic acids is 2. The monoisotopic (exact) mass is 317 g/mol. The molecule has 0 atom stereocenters. The quantitative estimate of drug-likeness (QED) is 0.725. The lowest BCUT2D eigenvalue weighted by molar-refractivity contribution is 0.0848. The molecule has 0 radical (unpaired) electrons. The molecular formula is C20H15NO3. The van der Waals surface area contributed by atoms with E-state index in [-0.39, 0.29) is 11.3 Å². The molecule has 0 fully saturated rings. The Bertz CT molecular complexity index is 871. The van der Waals surface area contributed by atoms with Gasteiger partial charge in [0.1, 0.15) is 5.75 Å². The van der Waals surface area contributed by atoms with Gasteiger partial charge < -0.3 is 5.11 Å². The molecule has 24 heavy (non-hydrogen) atoms. The molecule has 0 heterocycles. The minimum Gasteiger partial charge on any atom is -0.507 e. The maximum absolute atomic E-state index is 12.2. The lowest BCUT2D eigenvalue weighted by atomic mass is 10.0. The molecule has 0 bridgehead atoms. The summed E-state index contributed by atoms with van der Waals surface area (Å²) in [6.45, 7) is 0. The average molecular weight is 317 g/mol. The van der Waals surface area contributed by atoms with E-state index < -0.39 is 11.8 Å². The number of carbonyl (C=O) groups is 2. The Kier molecular flexibility index (Phi) is 4.38. The van der Waals surface area contributed by atoms with E-state index in [1.165, 1.54) is 12.1 Å². The van der Waals surface area contributed by atoms with Crippen LogP contribution in [0.5, 0.6) is 5.75 Å². The van der Waals surface area contributed by atoms with E-state index in [0.29, 0.717) is 5.56 Å². The van der Waals surface area contributed by atoms with Crippen molar-refractivity contribution in [3.8, 4) is 16.9 Å². The summed E-state index contributed by atoms with van der Waals surface area (Å²) in [5.41, 5.74) is 2.47. The molecule has 4 nitrogen and oxygen atoms in total. The van der Waals surface area contributed by atoms with Crippen molar-refractivity contribution in [2.75, 3.05) is 0 Å². The van der Waals surface area contributed by atoms with Gasteiger partial charge in [0.25, 0.3) is 11.8 Å². The molecule has 0 aromatic heterocycles. The lowest BCUT2D eigenvalue weighted by Crippen LogP contribution is -2.30. The second kappa shape index (κ2) is 6.79. The first-order valence-corrected chi connectivity index (χ1v) is 7.44. The predicted molar refractivity (Wildman–Crippen MR) is 91.8 cm³/mol. The summed E-state index contributed by atoms with van der Waals surface area (Å²) < 4.78 is 0. The fourth-order valence-corrected chi connectivity index (χ4v) is 2.35. The third-order valence-electron chi connectivity index (χ3n) is 3.63. The molecule has 118 valence electrons. The van der Waals surface area contributed by atoms with Crippen molar-refractivity contribution in [2.24, 2.45) is 0 Å². The smallest absolute Gasteiger partial charge is 0.261 e. The van der Waals surface area contributed by atoms with Crippen molar-refractivity contribution in [2.45, 2.75) is 0 Å². The van der Waals surface area contributed by atoms with Crippen molar-refractivity contribution in [3.63, 3.8) is 0 Å². The van der Waals surface area contributed by atoms with Gasteiger partial charge in [0.2, 0.25) is 0 Å². The van der Waals surface area contributed by atoms with Crippen LogP contribution in [0.15, 0.2) is 78.9 Å². The minimum atomic E-state index is -0.634. The second-order valence-corrected chi connectivity index (χ2v) is 5.24. The molecular weight excluding hydrogens is 302 g/mol. The van der Waals surface area contributed by atoms with Crippen molar-refractivity contribution in [3.05, 3.63) is 90.0 Å². The number of rotatable bonds is 3. The van der Waals surface area contributed by atoms with Crippen molar-refractivity contribution in [1.82, 2.24) is 5.32 Å². The van der Waals surface area contributed by atoms with Crippen LogP contribution in [-0.2, 0) is 0 Å². The fourth-order valence-electron chi connectivity index (χ4n) is 2.35. The first-order valence-electron chi connectivity index (χ1n) is 7.44. The largest absolute Gasteiger partial charge is 0.507 e. The molecule has 0 aliphatic heterocycles. The summed E-state index contributed by atoms with van der Waals surface area (Å²) in [5, 5.41) is 11.9. The number of para-hydroxylation sites is 1. The number of nitrogens with one attached hydrogen (secondary N) is 1. The number of hydrogen-bond donors (Lipinski definition) is 2. The number of hydrogen-bond acceptors (Lipinski definition) is 3. The highest BCUT2D eigenvalue weighted by Crippen LogP contribution is 2.19. The third kappa shape index (κ3) is 3.33. The number of phenols is 1. The Morgan fingerprint density at radius 1 is 0.667 bits per heavy atom. The zero-order chi connectivity index (χ0) is 16.9. The van der Waals surface area contributed by atoms with Crippen molar-refractivity contribution >= 4 is 11.8 Å². The van der Waals surface area contributed by atoms with E-state index in [9.17, 15) is 14.7 Å². The summed E-state index contributed by atoms with van der Waals surface area (Å²) in [6, 6.07) is 22.9. The van der Waals surface area contributed by atoms with Crippen LogP contribution >= 0.6 is 0 Å². The van der Waals surface area contributed by atoms with Crippen molar-refractivity contribution in [1.29, 1.82) is 0 Å². The molecule has 3 rings (SSSR count). The SMILES string of the molecule is O=C(NC(=O)c1ccccc1O)c1ccc(-c2ccccc2)cc1. The van der Waals surface area contributed by atoms with Gasteiger partial charge in [-0.25, -0.2) is 0 Å². The van der Waals surface area contributed by atoms with Crippen LogP contribution < -0.4 is 5.32 Å².